The highest BCUT2D eigenvalue weighted by atomic mass is 16.5. The quantitative estimate of drug-likeness (QED) is 0.904. The second-order valence-corrected chi connectivity index (χ2v) is 4.88. The third-order valence-corrected chi connectivity index (χ3v) is 3.57. The van der Waals surface area contributed by atoms with Crippen LogP contribution in [0.25, 0.3) is 0 Å². The number of hydrogen-bond donors (Lipinski definition) is 1. The van der Waals surface area contributed by atoms with Crippen molar-refractivity contribution in [3.63, 3.8) is 0 Å². The molecule has 0 saturated heterocycles. The average molecular weight is 274 g/mol. The number of aromatic nitrogens is 2. The first kappa shape index (κ1) is 14.4. The van der Waals surface area contributed by atoms with Gasteiger partial charge in [0.05, 0.1) is 24.5 Å². The summed E-state index contributed by atoms with van der Waals surface area (Å²) in [4.78, 5) is 2.14. The summed E-state index contributed by atoms with van der Waals surface area (Å²) < 4.78 is 7.25. The van der Waals surface area contributed by atoms with E-state index in [9.17, 15) is 0 Å². The molecular weight excluding hydrogens is 252 g/mol. The molecule has 5 nitrogen and oxygen atoms in total. The molecule has 2 N–H and O–H groups in total. The molecule has 5 heteroatoms. The lowest BCUT2D eigenvalue weighted by molar-refractivity contribution is 0.413. The minimum atomic E-state index is 0.0694. The maximum Gasteiger partial charge on any atom is 0.142 e. The van der Waals surface area contributed by atoms with Crippen LogP contribution in [0, 0.1) is 6.92 Å². The summed E-state index contributed by atoms with van der Waals surface area (Å²) in [6, 6.07) is 8.02. The fourth-order valence-electron chi connectivity index (χ4n) is 2.53. The maximum absolute atomic E-state index is 5.99. The van der Waals surface area contributed by atoms with Crippen LogP contribution in [0.2, 0.25) is 0 Å². The number of para-hydroxylation sites is 2. The Labute approximate surface area is 119 Å². The number of ether oxygens (including phenoxy) is 1. The first-order valence-electron chi connectivity index (χ1n) is 6.64. The fourth-order valence-corrected chi connectivity index (χ4v) is 2.53. The van der Waals surface area contributed by atoms with Gasteiger partial charge in [-0.25, -0.2) is 0 Å². The minimum Gasteiger partial charge on any atom is -0.495 e. The molecule has 0 aliphatic carbocycles. The zero-order valence-corrected chi connectivity index (χ0v) is 12.5. The molecule has 1 atom stereocenters. The number of methoxy groups -OCH3 is 1. The van der Waals surface area contributed by atoms with Crippen molar-refractivity contribution in [1.29, 1.82) is 0 Å². The molecule has 0 bridgehead atoms. The van der Waals surface area contributed by atoms with Crippen LogP contribution >= 0.6 is 0 Å². The predicted octanol–water partition coefficient (Wildman–Crippen LogP) is 1.87. The van der Waals surface area contributed by atoms with Crippen LogP contribution in [-0.2, 0) is 7.05 Å². The van der Waals surface area contributed by atoms with Gasteiger partial charge in [-0.1, -0.05) is 12.1 Å². The summed E-state index contributed by atoms with van der Waals surface area (Å²) >= 11 is 0. The standard InChI is InChI=1S/C15H22N4O/c1-11-12(10-18(2)17-11)14(9-16)19(3)13-7-5-6-8-15(13)20-4/h5-8,10,14H,9,16H2,1-4H3. The predicted molar refractivity (Wildman–Crippen MR) is 81.1 cm³/mol. The summed E-state index contributed by atoms with van der Waals surface area (Å²) in [5.74, 6) is 0.843. The Morgan fingerprint density at radius 3 is 2.65 bits per heavy atom. The van der Waals surface area contributed by atoms with Gasteiger partial charge in [-0.05, 0) is 19.1 Å². The normalized spacial score (nSPS) is 12.2. The van der Waals surface area contributed by atoms with E-state index in [1.165, 1.54) is 0 Å². The molecule has 0 aliphatic rings. The van der Waals surface area contributed by atoms with Gasteiger partial charge >= 0.3 is 0 Å². The van der Waals surface area contributed by atoms with Crippen LogP contribution < -0.4 is 15.4 Å². The molecule has 0 saturated carbocycles. The lowest BCUT2D eigenvalue weighted by Gasteiger charge is -2.30. The lowest BCUT2D eigenvalue weighted by atomic mass is 10.1. The molecule has 0 fully saturated rings. The van der Waals surface area contributed by atoms with E-state index in [0.29, 0.717) is 6.54 Å². The largest absolute Gasteiger partial charge is 0.495 e. The van der Waals surface area contributed by atoms with Gasteiger partial charge in [0.25, 0.3) is 0 Å². The number of benzene rings is 1. The van der Waals surface area contributed by atoms with Gasteiger partial charge in [-0.15, -0.1) is 0 Å². The molecule has 2 aromatic rings. The highest BCUT2D eigenvalue weighted by Gasteiger charge is 2.22. The highest BCUT2D eigenvalue weighted by molar-refractivity contribution is 5.59. The van der Waals surface area contributed by atoms with Crippen molar-refractivity contribution < 1.29 is 4.74 Å². The van der Waals surface area contributed by atoms with Crippen molar-refractivity contribution in [3.05, 3.63) is 41.7 Å². The van der Waals surface area contributed by atoms with Crippen molar-refractivity contribution in [2.75, 3.05) is 25.6 Å². The third kappa shape index (κ3) is 2.63. The first-order chi connectivity index (χ1) is 9.58. The van der Waals surface area contributed by atoms with E-state index < -0.39 is 0 Å². The summed E-state index contributed by atoms with van der Waals surface area (Å²) in [6.45, 7) is 2.52. The van der Waals surface area contributed by atoms with Crippen molar-refractivity contribution in [3.8, 4) is 5.75 Å². The van der Waals surface area contributed by atoms with Crippen LogP contribution in [0.3, 0.4) is 0 Å². The van der Waals surface area contributed by atoms with Gasteiger partial charge in [-0.2, -0.15) is 5.10 Å². The van der Waals surface area contributed by atoms with Gasteiger partial charge in [0.15, 0.2) is 0 Å². The Morgan fingerprint density at radius 1 is 1.40 bits per heavy atom. The van der Waals surface area contributed by atoms with Gasteiger partial charge in [0.1, 0.15) is 5.75 Å². The van der Waals surface area contributed by atoms with E-state index in [1.54, 1.807) is 7.11 Å². The number of nitrogens with zero attached hydrogens (tertiary/aromatic N) is 3. The zero-order valence-electron chi connectivity index (χ0n) is 12.5. The van der Waals surface area contributed by atoms with Crippen LogP contribution in [0.5, 0.6) is 5.75 Å². The highest BCUT2D eigenvalue weighted by Crippen LogP contribution is 2.33. The number of rotatable bonds is 5. The Morgan fingerprint density at radius 2 is 2.10 bits per heavy atom. The van der Waals surface area contributed by atoms with E-state index in [-0.39, 0.29) is 6.04 Å². The summed E-state index contributed by atoms with van der Waals surface area (Å²) in [7, 11) is 5.63. The molecule has 108 valence electrons. The topological polar surface area (TPSA) is 56.3 Å². The van der Waals surface area contributed by atoms with E-state index in [4.69, 9.17) is 10.5 Å². The number of nitrogens with two attached hydrogens (primary N) is 1. The van der Waals surface area contributed by atoms with Crippen molar-refractivity contribution in [2.45, 2.75) is 13.0 Å². The Kier molecular flexibility index (Phi) is 4.29. The summed E-state index contributed by atoms with van der Waals surface area (Å²) in [5, 5.41) is 4.40. The molecule has 1 aromatic heterocycles. The second kappa shape index (κ2) is 5.96. The number of likely N-dealkylation sites (N-methyl/N-ethyl adjacent to an activating group) is 1. The number of aryl methyl sites for hydroxylation is 2. The van der Waals surface area contributed by atoms with E-state index in [1.807, 2.05) is 56.2 Å². The van der Waals surface area contributed by atoms with Crippen LogP contribution in [0.1, 0.15) is 17.3 Å². The van der Waals surface area contributed by atoms with E-state index >= 15 is 0 Å². The molecule has 1 aromatic carbocycles. The molecule has 0 radical (unpaired) electrons. The Hall–Kier alpha value is -2.01. The molecule has 1 heterocycles. The fraction of sp³-hybridized carbons (Fsp3) is 0.400. The van der Waals surface area contributed by atoms with Gasteiger partial charge in [-0.3, -0.25) is 4.68 Å². The SMILES string of the molecule is COc1ccccc1N(C)C(CN)c1cn(C)nc1C. The minimum absolute atomic E-state index is 0.0694. The smallest absolute Gasteiger partial charge is 0.142 e. The average Bonchev–Trinajstić information content (AvgIpc) is 2.78. The maximum atomic E-state index is 5.99. The lowest BCUT2D eigenvalue weighted by Crippen LogP contribution is -2.31. The van der Waals surface area contributed by atoms with Crippen LogP contribution in [0.15, 0.2) is 30.5 Å². The van der Waals surface area contributed by atoms with Gasteiger partial charge in [0.2, 0.25) is 0 Å². The Bertz CT molecular complexity index is 579. The zero-order chi connectivity index (χ0) is 14.7. The van der Waals surface area contributed by atoms with Crippen molar-refractivity contribution in [2.24, 2.45) is 12.8 Å². The molecule has 2 rings (SSSR count). The van der Waals surface area contributed by atoms with Crippen molar-refractivity contribution >= 4 is 5.69 Å². The number of hydrogen-bond acceptors (Lipinski definition) is 4. The number of anilines is 1. The van der Waals surface area contributed by atoms with Crippen LogP contribution in [-0.4, -0.2) is 30.5 Å². The van der Waals surface area contributed by atoms with Gasteiger partial charge in [0, 0.05) is 32.4 Å². The molecule has 0 spiro atoms. The van der Waals surface area contributed by atoms with Crippen molar-refractivity contribution in [1.82, 2.24) is 9.78 Å². The summed E-state index contributed by atoms with van der Waals surface area (Å²) in [5.41, 5.74) is 9.16. The second-order valence-electron chi connectivity index (χ2n) is 4.88. The monoisotopic (exact) mass is 274 g/mol. The first-order valence-corrected chi connectivity index (χ1v) is 6.64. The van der Waals surface area contributed by atoms with E-state index in [2.05, 4.69) is 10.00 Å². The molecule has 0 aliphatic heterocycles. The third-order valence-electron chi connectivity index (χ3n) is 3.57. The molecule has 20 heavy (non-hydrogen) atoms. The Balaban J connectivity index is 2.39. The van der Waals surface area contributed by atoms with Gasteiger partial charge < -0.3 is 15.4 Å². The van der Waals surface area contributed by atoms with E-state index in [0.717, 1.165) is 22.7 Å². The molecule has 1 unspecified atom stereocenters. The molecule has 0 amide bonds. The van der Waals surface area contributed by atoms with Crippen LogP contribution in [0.4, 0.5) is 5.69 Å². The summed E-state index contributed by atoms with van der Waals surface area (Å²) in [6.07, 6.45) is 2.03. The molecular formula is C15H22N4O.